The predicted molar refractivity (Wildman–Crippen MR) is 108 cm³/mol. The van der Waals surface area contributed by atoms with Crippen LogP contribution in [0.4, 0.5) is 0 Å². The van der Waals surface area contributed by atoms with Gasteiger partial charge in [-0.2, -0.15) is 0 Å². The van der Waals surface area contributed by atoms with Crippen molar-refractivity contribution in [1.29, 1.82) is 0 Å². The summed E-state index contributed by atoms with van der Waals surface area (Å²) in [6.45, 7) is 10.9. The topological polar surface area (TPSA) is 108 Å². The van der Waals surface area contributed by atoms with Crippen LogP contribution >= 0.6 is 0 Å². The molecule has 8 nitrogen and oxygen atoms in total. The first-order valence-electron chi connectivity index (χ1n) is 11.6. The Labute approximate surface area is 186 Å². The highest BCUT2D eigenvalue weighted by atomic mass is 16.8. The molecule has 0 aromatic heterocycles. The third kappa shape index (κ3) is 1.93. The molecule has 8 fully saturated rings. The zero-order valence-corrected chi connectivity index (χ0v) is 18.9. The summed E-state index contributed by atoms with van der Waals surface area (Å²) in [5.74, 6) is -4.56. The molecule has 174 valence electrons. The van der Waals surface area contributed by atoms with Gasteiger partial charge in [0.15, 0.2) is 18.2 Å². The van der Waals surface area contributed by atoms with E-state index in [2.05, 4.69) is 20.4 Å². The zero-order chi connectivity index (χ0) is 23.0. The van der Waals surface area contributed by atoms with Crippen LogP contribution in [0.25, 0.3) is 0 Å². The molecule has 10 atom stereocenters. The van der Waals surface area contributed by atoms with E-state index in [1.807, 2.05) is 0 Å². The molecule has 0 aromatic rings. The first-order valence-corrected chi connectivity index (χ1v) is 11.6. The minimum atomic E-state index is -2.08. The van der Waals surface area contributed by atoms with Gasteiger partial charge in [-0.15, -0.1) is 0 Å². The smallest absolute Gasteiger partial charge is 0.303 e. The Balaban J connectivity index is 1.66. The molecule has 8 aliphatic rings. The SMILES string of the molecule is C=C1C(=O)[C@@]23[C@@H]4OC5O[C@@]2(O)[C@@H](OC(C)=O)[C@@H]2C(C)(C)CCC[C@]52[C@H]3[C@@H](OC(C)=O)C[C@@H]14. The van der Waals surface area contributed by atoms with Crippen LogP contribution in [0.1, 0.15) is 53.4 Å². The van der Waals surface area contributed by atoms with Crippen molar-refractivity contribution in [2.75, 3.05) is 0 Å². The van der Waals surface area contributed by atoms with Crippen molar-refractivity contribution in [1.82, 2.24) is 0 Å². The van der Waals surface area contributed by atoms with E-state index >= 15 is 0 Å². The van der Waals surface area contributed by atoms with Crippen LogP contribution in [0, 0.1) is 34.0 Å². The Kier molecular flexibility index (Phi) is 3.79. The number of carbonyl (C=O) groups excluding carboxylic acids is 3. The number of rotatable bonds is 2. The molecular weight excluding hydrogens is 416 g/mol. The van der Waals surface area contributed by atoms with Crippen molar-refractivity contribution < 1.29 is 38.4 Å². The molecule has 4 aliphatic heterocycles. The molecule has 0 amide bonds. The Bertz CT molecular complexity index is 971. The molecule has 32 heavy (non-hydrogen) atoms. The lowest BCUT2D eigenvalue weighted by atomic mass is 9.34. The molecule has 0 aromatic carbocycles. The van der Waals surface area contributed by atoms with Gasteiger partial charge in [0, 0.05) is 37.0 Å². The van der Waals surface area contributed by atoms with Gasteiger partial charge in [0.1, 0.15) is 11.5 Å². The largest absolute Gasteiger partial charge is 0.462 e. The summed E-state index contributed by atoms with van der Waals surface area (Å²) in [4.78, 5) is 38.3. The van der Waals surface area contributed by atoms with E-state index in [4.69, 9.17) is 18.9 Å². The highest BCUT2D eigenvalue weighted by Gasteiger charge is 2.93. The van der Waals surface area contributed by atoms with Crippen LogP contribution < -0.4 is 0 Å². The van der Waals surface area contributed by atoms with Crippen LogP contribution in [0.5, 0.6) is 0 Å². The molecule has 4 heterocycles. The number of Topliss-reactive ketones (excluding diaryl/α,β-unsaturated/α-hetero) is 1. The lowest BCUT2D eigenvalue weighted by Crippen LogP contribution is -2.91. The van der Waals surface area contributed by atoms with Crippen LogP contribution in [0.3, 0.4) is 0 Å². The fourth-order valence-electron chi connectivity index (χ4n) is 9.07. The molecular formula is C24H30O8. The van der Waals surface area contributed by atoms with Gasteiger partial charge in [-0.3, -0.25) is 14.4 Å². The fourth-order valence-corrected chi connectivity index (χ4v) is 9.07. The molecule has 8 rings (SSSR count). The number of ketones is 1. The third-order valence-corrected chi connectivity index (χ3v) is 9.60. The summed E-state index contributed by atoms with van der Waals surface area (Å²) in [7, 11) is 0. The minimum Gasteiger partial charge on any atom is -0.462 e. The van der Waals surface area contributed by atoms with E-state index in [0.29, 0.717) is 18.4 Å². The lowest BCUT2D eigenvalue weighted by Gasteiger charge is -2.79. The molecule has 7 bridgehead atoms. The Morgan fingerprint density at radius 2 is 1.81 bits per heavy atom. The van der Waals surface area contributed by atoms with E-state index in [-0.39, 0.29) is 23.0 Å². The van der Waals surface area contributed by atoms with Gasteiger partial charge in [0.05, 0.1) is 6.10 Å². The van der Waals surface area contributed by atoms with E-state index in [1.165, 1.54) is 13.8 Å². The molecule has 2 spiro atoms. The standard InChI is InChI=1S/C24H30O8/c1-10-13-9-14(29-11(2)25)15-22-8-6-7-21(4,5)16(22)19(30-12(3)26)24(28)23(15,17(10)27)18(13)31-20(22)32-24/h13-16,18-20,28H,1,6-9H2,2-5H3/t13-,14-,15+,16+,18+,19-,20?,22+,23-,24-/m0/s1. The molecule has 8 heteroatoms. The van der Waals surface area contributed by atoms with Crippen molar-refractivity contribution in [2.24, 2.45) is 34.0 Å². The zero-order valence-electron chi connectivity index (χ0n) is 18.9. The average molecular weight is 446 g/mol. The van der Waals surface area contributed by atoms with E-state index in [0.717, 1.165) is 12.8 Å². The second-order valence-electron chi connectivity index (χ2n) is 11.4. The molecule has 4 saturated carbocycles. The van der Waals surface area contributed by atoms with E-state index in [9.17, 15) is 19.5 Å². The van der Waals surface area contributed by atoms with Crippen molar-refractivity contribution >= 4 is 17.7 Å². The van der Waals surface area contributed by atoms with Crippen molar-refractivity contribution in [3.63, 3.8) is 0 Å². The third-order valence-electron chi connectivity index (χ3n) is 9.60. The van der Waals surface area contributed by atoms with E-state index in [1.54, 1.807) is 0 Å². The number of ether oxygens (including phenoxy) is 4. The first kappa shape index (κ1) is 20.8. The highest BCUT2D eigenvalue weighted by molar-refractivity contribution is 6.05. The summed E-state index contributed by atoms with van der Waals surface area (Å²) in [5.41, 5.74) is -2.23. The van der Waals surface area contributed by atoms with Crippen molar-refractivity contribution in [3.8, 4) is 0 Å². The lowest BCUT2D eigenvalue weighted by molar-refractivity contribution is -0.553. The maximum absolute atomic E-state index is 14.0. The van der Waals surface area contributed by atoms with Crippen LogP contribution in [-0.4, -0.2) is 53.2 Å². The van der Waals surface area contributed by atoms with Gasteiger partial charge in [0.2, 0.25) is 5.79 Å². The summed E-state index contributed by atoms with van der Waals surface area (Å²) in [5, 5.41) is 12.3. The second-order valence-corrected chi connectivity index (χ2v) is 11.4. The van der Waals surface area contributed by atoms with Gasteiger partial charge >= 0.3 is 11.9 Å². The molecule has 4 saturated heterocycles. The maximum atomic E-state index is 14.0. The Hall–Kier alpha value is -1.77. The average Bonchev–Trinajstić information content (AvgIpc) is 2.81. The fraction of sp³-hybridized carbons (Fsp3) is 0.792. The second kappa shape index (κ2) is 5.83. The summed E-state index contributed by atoms with van der Waals surface area (Å²) >= 11 is 0. The van der Waals surface area contributed by atoms with Gasteiger partial charge < -0.3 is 24.1 Å². The van der Waals surface area contributed by atoms with Crippen molar-refractivity contribution in [2.45, 2.75) is 83.8 Å². The molecule has 1 N–H and O–H groups in total. The molecule has 1 unspecified atom stereocenters. The Morgan fingerprint density at radius 1 is 1.12 bits per heavy atom. The van der Waals surface area contributed by atoms with Crippen molar-refractivity contribution in [3.05, 3.63) is 12.2 Å². The van der Waals surface area contributed by atoms with Gasteiger partial charge in [-0.25, -0.2) is 0 Å². The van der Waals surface area contributed by atoms with Crippen LogP contribution in [0.15, 0.2) is 12.2 Å². The number of esters is 2. The summed E-state index contributed by atoms with van der Waals surface area (Å²) < 4.78 is 24.4. The quantitative estimate of drug-likeness (QED) is 0.506. The van der Waals surface area contributed by atoms with Gasteiger partial charge in [0.25, 0.3) is 0 Å². The minimum absolute atomic E-state index is 0.314. The van der Waals surface area contributed by atoms with Gasteiger partial charge in [-0.05, 0) is 30.3 Å². The number of carbonyl (C=O) groups is 3. The van der Waals surface area contributed by atoms with Crippen LogP contribution in [0.2, 0.25) is 0 Å². The number of hydrogen-bond donors (Lipinski definition) is 1. The highest BCUT2D eigenvalue weighted by Crippen LogP contribution is 2.82. The van der Waals surface area contributed by atoms with Crippen LogP contribution in [-0.2, 0) is 33.3 Å². The van der Waals surface area contributed by atoms with E-state index < -0.39 is 59.1 Å². The maximum Gasteiger partial charge on any atom is 0.303 e. The number of hydrogen-bond acceptors (Lipinski definition) is 8. The monoisotopic (exact) mass is 446 g/mol. The predicted octanol–water partition coefficient (Wildman–Crippen LogP) is 1.88. The normalized spacial score (nSPS) is 53.7. The first-order chi connectivity index (χ1) is 14.9. The number of aliphatic hydroxyl groups is 1. The summed E-state index contributed by atoms with van der Waals surface area (Å²) in [6, 6.07) is 0. The molecule has 0 radical (unpaired) electrons. The van der Waals surface area contributed by atoms with Gasteiger partial charge in [-0.1, -0.05) is 26.8 Å². The summed E-state index contributed by atoms with van der Waals surface area (Å²) in [6.07, 6.45) is -0.198. The molecule has 4 aliphatic carbocycles. The Morgan fingerprint density at radius 3 is 2.47 bits per heavy atom.